The number of rotatable bonds is 4. The van der Waals surface area contributed by atoms with Gasteiger partial charge in [-0.25, -0.2) is 10.2 Å². The number of benzene rings is 2. The summed E-state index contributed by atoms with van der Waals surface area (Å²) in [6, 6.07) is 12.7. The minimum Gasteiger partial charge on any atom is -0.508 e. The van der Waals surface area contributed by atoms with Crippen LogP contribution in [-0.2, 0) is 0 Å². The van der Waals surface area contributed by atoms with Gasteiger partial charge in [0.1, 0.15) is 11.5 Å². The maximum atomic E-state index is 11.9. The van der Waals surface area contributed by atoms with Crippen molar-refractivity contribution in [2.75, 3.05) is 14.1 Å². The zero-order valence-electron chi connectivity index (χ0n) is 13.3. The Labute approximate surface area is 139 Å². The van der Waals surface area contributed by atoms with Crippen molar-refractivity contribution in [3.63, 3.8) is 0 Å². The predicted octanol–water partition coefficient (Wildman–Crippen LogP) is 2.22. The van der Waals surface area contributed by atoms with Gasteiger partial charge in [-0.1, -0.05) is 18.2 Å². The lowest BCUT2D eigenvalue weighted by molar-refractivity contribution is 0.0954. The number of nitrogens with one attached hydrogen (secondary N) is 1. The molecule has 0 aliphatic rings. The molecule has 0 unspecified atom stereocenters. The summed E-state index contributed by atoms with van der Waals surface area (Å²) >= 11 is 0. The summed E-state index contributed by atoms with van der Waals surface area (Å²) in [5, 5.41) is 13.2. The van der Waals surface area contributed by atoms with Crippen LogP contribution in [-0.4, -0.2) is 42.3 Å². The first-order valence-corrected chi connectivity index (χ1v) is 7.08. The van der Waals surface area contributed by atoms with Gasteiger partial charge >= 0.3 is 6.09 Å². The van der Waals surface area contributed by atoms with E-state index in [-0.39, 0.29) is 11.3 Å². The van der Waals surface area contributed by atoms with Gasteiger partial charge in [0.15, 0.2) is 0 Å². The molecule has 2 N–H and O–H groups in total. The molecular formula is C17H17N3O4. The number of phenols is 1. The van der Waals surface area contributed by atoms with Crippen molar-refractivity contribution in [3.05, 3.63) is 59.7 Å². The van der Waals surface area contributed by atoms with Crippen LogP contribution in [0.5, 0.6) is 11.5 Å². The van der Waals surface area contributed by atoms with Crippen molar-refractivity contribution in [2.24, 2.45) is 5.10 Å². The number of carbonyl (C=O) groups excluding carboxylic acids is 2. The summed E-state index contributed by atoms with van der Waals surface area (Å²) in [7, 11) is 3.16. The number of hydrogen-bond donors (Lipinski definition) is 2. The minimum absolute atomic E-state index is 0.00688. The number of hydrazone groups is 1. The van der Waals surface area contributed by atoms with Crippen LogP contribution < -0.4 is 10.2 Å². The maximum absolute atomic E-state index is 11.9. The van der Waals surface area contributed by atoms with Gasteiger partial charge in [-0.15, -0.1) is 0 Å². The standard InChI is InChI=1S/C17H17N3O4/c1-20(2)17(23)24-15-9-4-3-6-13(15)11-18-19-16(22)12-7-5-8-14(21)10-12/h3-11,21H,1-2H3,(H,19,22)/b18-11+. The molecule has 7 nitrogen and oxygen atoms in total. The van der Waals surface area contributed by atoms with Gasteiger partial charge in [0.05, 0.1) is 6.21 Å². The minimum atomic E-state index is -0.514. The molecule has 0 saturated heterocycles. The van der Waals surface area contributed by atoms with Crippen molar-refractivity contribution in [3.8, 4) is 11.5 Å². The first-order chi connectivity index (χ1) is 11.5. The molecule has 2 aromatic rings. The summed E-state index contributed by atoms with van der Waals surface area (Å²) < 4.78 is 5.21. The Hall–Kier alpha value is -3.35. The normalized spacial score (nSPS) is 10.4. The van der Waals surface area contributed by atoms with Crippen molar-refractivity contribution < 1.29 is 19.4 Å². The van der Waals surface area contributed by atoms with Gasteiger partial charge in [0.2, 0.25) is 0 Å². The van der Waals surface area contributed by atoms with Gasteiger partial charge in [0.25, 0.3) is 5.91 Å². The summed E-state index contributed by atoms with van der Waals surface area (Å²) in [6.45, 7) is 0. The second kappa shape index (κ2) is 7.77. The molecule has 0 bridgehead atoms. The number of ether oxygens (including phenoxy) is 1. The van der Waals surface area contributed by atoms with E-state index in [9.17, 15) is 14.7 Å². The zero-order valence-corrected chi connectivity index (χ0v) is 13.3. The zero-order chi connectivity index (χ0) is 17.5. The highest BCUT2D eigenvalue weighted by Gasteiger charge is 2.09. The molecule has 2 aromatic carbocycles. The highest BCUT2D eigenvalue weighted by atomic mass is 16.6. The molecule has 24 heavy (non-hydrogen) atoms. The van der Waals surface area contributed by atoms with Crippen molar-refractivity contribution >= 4 is 18.2 Å². The van der Waals surface area contributed by atoms with Gasteiger partial charge < -0.3 is 14.7 Å². The second-order valence-corrected chi connectivity index (χ2v) is 5.05. The molecule has 0 radical (unpaired) electrons. The monoisotopic (exact) mass is 327 g/mol. The lowest BCUT2D eigenvalue weighted by Gasteiger charge is -2.12. The van der Waals surface area contributed by atoms with Crippen molar-refractivity contribution in [1.82, 2.24) is 10.3 Å². The van der Waals surface area contributed by atoms with Gasteiger partial charge in [0, 0.05) is 25.2 Å². The van der Waals surface area contributed by atoms with Crippen LogP contribution in [0, 0.1) is 0 Å². The summed E-state index contributed by atoms with van der Waals surface area (Å²) in [6.07, 6.45) is 0.860. The smallest absolute Gasteiger partial charge is 0.414 e. The van der Waals surface area contributed by atoms with Gasteiger partial charge in [-0.2, -0.15) is 5.10 Å². The third-order valence-electron chi connectivity index (χ3n) is 2.96. The molecule has 7 heteroatoms. The predicted molar refractivity (Wildman–Crippen MR) is 89.3 cm³/mol. The molecule has 2 rings (SSSR count). The molecule has 0 aliphatic heterocycles. The quantitative estimate of drug-likeness (QED) is 0.665. The van der Waals surface area contributed by atoms with E-state index in [1.165, 1.54) is 23.2 Å². The molecule has 0 fully saturated rings. The van der Waals surface area contributed by atoms with Crippen LogP contribution in [0.1, 0.15) is 15.9 Å². The van der Waals surface area contributed by atoms with E-state index in [1.807, 2.05) is 0 Å². The molecule has 0 atom stereocenters. The Morgan fingerprint density at radius 1 is 1.17 bits per heavy atom. The fourth-order valence-corrected chi connectivity index (χ4v) is 1.74. The first-order valence-electron chi connectivity index (χ1n) is 7.08. The number of nitrogens with zero attached hydrogens (tertiary/aromatic N) is 2. The molecule has 0 aromatic heterocycles. The first kappa shape index (κ1) is 17.0. The summed E-state index contributed by atoms with van der Waals surface area (Å²) in [5.74, 6) is -0.149. The lowest BCUT2D eigenvalue weighted by atomic mass is 10.2. The van der Waals surface area contributed by atoms with E-state index in [1.54, 1.807) is 50.5 Å². The summed E-state index contributed by atoms with van der Waals surface area (Å²) in [4.78, 5) is 24.8. The third kappa shape index (κ3) is 4.57. The molecule has 0 spiro atoms. The molecule has 0 heterocycles. The van der Waals surface area contributed by atoms with E-state index in [2.05, 4.69) is 10.5 Å². The third-order valence-corrected chi connectivity index (χ3v) is 2.96. The number of hydrogen-bond acceptors (Lipinski definition) is 5. The Morgan fingerprint density at radius 3 is 2.62 bits per heavy atom. The fraction of sp³-hybridized carbons (Fsp3) is 0.118. The molecule has 0 aliphatic carbocycles. The van der Waals surface area contributed by atoms with E-state index in [0.717, 1.165) is 0 Å². The van der Waals surface area contributed by atoms with E-state index >= 15 is 0 Å². The largest absolute Gasteiger partial charge is 0.508 e. The number of para-hydroxylation sites is 1. The Morgan fingerprint density at radius 2 is 1.92 bits per heavy atom. The maximum Gasteiger partial charge on any atom is 0.414 e. The average Bonchev–Trinajstić information content (AvgIpc) is 2.56. The van der Waals surface area contributed by atoms with Crippen LogP contribution in [0.15, 0.2) is 53.6 Å². The Kier molecular flexibility index (Phi) is 5.51. The molecule has 2 amide bonds. The number of aromatic hydroxyl groups is 1. The molecular weight excluding hydrogens is 310 g/mol. The number of amides is 2. The summed E-state index contributed by atoms with van der Waals surface area (Å²) in [5.41, 5.74) is 3.16. The van der Waals surface area contributed by atoms with Crippen molar-refractivity contribution in [1.29, 1.82) is 0 Å². The Bertz CT molecular complexity index is 772. The SMILES string of the molecule is CN(C)C(=O)Oc1ccccc1/C=N/NC(=O)c1cccc(O)c1. The highest BCUT2D eigenvalue weighted by Crippen LogP contribution is 2.16. The molecule has 124 valence electrons. The van der Waals surface area contributed by atoms with Crippen molar-refractivity contribution in [2.45, 2.75) is 0 Å². The van der Waals surface area contributed by atoms with E-state index < -0.39 is 12.0 Å². The Balaban J connectivity index is 2.07. The lowest BCUT2D eigenvalue weighted by Crippen LogP contribution is -2.25. The number of phenolic OH excluding ortho intramolecular Hbond substituents is 1. The van der Waals surface area contributed by atoms with Gasteiger partial charge in [-0.3, -0.25) is 4.79 Å². The fourth-order valence-electron chi connectivity index (χ4n) is 1.74. The van der Waals surface area contributed by atoms with Crippen LogP contribution in [0.2, 0.25) is 0 Å². The van der Waals surface area contributed by atoms with Crippen LogP contribution in [0.25, 0.3) is 0 Å². The van der Waals surface area contributed by atoms with Crippen LogP contribution in [0.3, 0.4) is 0 Å². The van der Waals surface area contributed by atoms with Crippen LogP contribution >= 0.6 is 0 Å². The molecule has 0 saturated carbocycles. The highest BCUT2D eigenvalue weighted by molar-refractivity contribution is 5.95. The number of carbonyl (C=O) groups is 2. The van der Waals surface area contributed by atoms with E-state index in [0.29, 0.717) is 11.3 Å². The second-order valence-electron chi connectivity index (χ2n) is 5.05. The van der Waals surface area contributed by atoms with Crippen LogP contribution in [0.4, 0.5) is 4.79 Å². The van der Waals surface area contributed by atoms with Gasteiger partial charge in [-0.05, 0) is 30.3 Å². The average molecular weight is 327 g/mol. The van der Waals surface area contributed by atoms with E-state index in [4.69, 9.17) is 4.74 Å². The topological polar surface area (TPSA) is 91.2 Å².